The van der Waals surface area contributed by atoms with Crippen molar-refractivity contribution in [3.63, 3.8) is 0 Å². The summed E-state index contributed by atoms with van der Waals surface area (Å²) in [5.74, 6) is -0.616. The molecule has 1 saturated heterocycles. The summed E-state index contributed by atoms with van der Waals surface area (Å²) in [6.07, 6.45) is -2.12. The van der Waals surface area contributed by atoms with Gasteiger partial charge in [-0.25, -0.2) is 4.98 Å². The molecule has 3 aromatic heterocycles. The smallest absolute Gasteiger partial charge is 0.453 e. The first kappa shape index (κ1) is 21.9. The number of anilines is 1. The lowest BCUT2D eigenvalue weighted by Crippen LogP contribution is -2.37. The number of nitrogens with zero attached hydrogens (tertiary/aromatic N) is 6. The minimum Gasteiger partial charge on any atom is -0.455 e. The van der Waals surface area contributed by atoms with Gasteiger partial charge >= 0.3 is 12.1 Å². The molecule has 12 heteroatoms. The summed E-state index contributed by atoms with van der Waals surface area (Å²) >= 11 is 0. The van der Waals surface area contributed by atoms with Gasteiger partial charge in [-0.05, 0) is 25.0 Å². The number of piperidine rings is 1. The molecule has 0 bridgehead atoms. The lowest BCUT2D eigenvalue weighted by atomic mass is 9.97. The summed E-state index contributed by atoms with van der Waals surface area (Å²) in [6.45, 7) is 0.815. The molecule has 0 N–H and O–H groups in total. The van der Waals surface area contributed by atoms with E-state index in [9.17, 15) is 18.0 Å². The highest BCUT2D eigenvalue weighted by Gasteiger charge is 2.38. The summed E-state index contributed by atoms with van der Waals surface area (Å²) in [5, 5.41) is 10.8. The van der Waals surface area contributed by atoms with Gasteiger partial charge in [0.1, 0.15) is 5.82 Å². The number of carbonyl (C=O) groups is 1. The summed E-state index contributed by atoms with van der Waals surface area (Å²) in [6, 6.07) is 12.5. The number of fused-ring (bicyclic) bond motifs is 1. The van der Waals surface area contributed by atoms with E-state index in [1.54, 1.807) is 12.3 Å². The highest BCUT2D eigenvalue weighted by Crippen LogP contribution is 2.29. The van der Waals surface area contributed by atoms with Gasteiger partial charge in [-0.3, -0.25) is 4.79 Å². The van der Waals surface area contributed by atoms with Gasteiger partial charge in [0.05, 0.1) is 12.1 Å². The maximum atomic E-state index is 13.1. The minimum absolute atomic E-state index is 0.0106. The molecular weight excluding hydrogens is 453 g/mol. The van der Waals surface area contributed by atoms with Crippen LogP contribution in [0.4, 0.5) is 19.0 Å². The molecule has 1 aliphatic heterocycles. The molecular formula is C22H19F3N6O3. The third-order valence-corrected chi connectivity index (χ3v) is 5.60. The van der Waals surface area contributed by atoms with Crippen molar-refractivity contribution < 1.29 is 27.1 Å². The fraction of sp³-hybridized carbons (Fsp3) is 0.318. The van der Waals surface area contributed by atoms with Gasteiger partial charge in [0, 0.05) is 18.7 Å². The summed E-state index contributed by atoms with van der Waals surface area (Å²) in [4.78, 5) is 18.5. The van der Waals surface area contributed by atoms with Crippen LogP contribution in [0.3, 0.4) is 0 Å². The average molecular weight is 472 g/mol. The molecule has 0 radical (unpaired) electrons. The Morgan fingerprint density at radius 1 is 1.09 bits per heavy atom. The molecule has 4 heterocycles. The van der Waals surface area contributed by atoms with E-state index in [0.29, 0.717) is 47.9 Å². The molecule has 9 nitrogen and oxygen atoms in total. The van der Waals surface area contributed by atoms with Gasteiger partial charge in [0.25, 0.3) is 5.82 Å². The number of carbonyl (C=O) groups excluding carboxylic acids is 1. The van der Waals surface area contributed by atoms with E-state index in [0.717, 1.165) is 5.56 Å². The highest BCUT2D eigenvalue weighted by molar-refractivity contribution is 5.72. The number of alkyl halides is 3. The number of halogens is 3. The van der Waals surface area contributed by atoms with E-state index in [1.807, 2.05) is 35.2 Å². The molecule has 0 atom stereocenters. The topological polar surface area (TPSA) is 98.7 Å². The first-order chi connectivity index (χ1) is 16.4. The van der Waals surface area contributed by atoms with Crippen molar-refractivity contribution >= 4 is 17.4 Å². The molecule has 0 amide bonds. The van der Waals surface area contributed by atoms with Crippen LogP contribution in [0.5, 0.6) is 0 Å². The minimum atomic E-state index is -4.66. The Balaban J connectivity index is 1.17. The van der Waals surface area contributed by atoms with E-state index in [1.165, 1.54) is 6.07 Å². The normalized spacial score (nSPS) is 15.1. The third-order valence-electron chi connectivity index (χ3n) is 5.60. The second-order valence-electron chi connectivity index (χ2n) is 7.84. The summed E-state index contributed by atoms with van der Waals surface area (Å²) in [5.41, 5.74) is 0.886. The third kappa shape index (κ3) is 4.43. The molecule has 0 unspecified atom stereocenters. The van der Waals surface area contributed by atoms with Crippen molar-refractivity contribution in [2.24, 2.45) is 5.92 Å². The second-order valence-corrected chi connectivity index (χ2v) is 7.84. The molecule has 0 saturated carbocycles. The molecule has 176 valence electrons. The molecule has 1 aliphatic rings. The largest absolute Gasteiger partial charge is 0.455 e. The first-order valence-corrected chi connectivity index (χ1v) is 10.6. The van der Waals surface area contributed by atoms with E-state index in [4.69, 9.17) is 9.15 Å². The molecule has 34 heavy (non-hydrogen) atoms. The van der Waals surface area contributed by atoms with Crippen LogP contribution in [-0.2, 0) is 22.3 Å². The lowest BCUT2D eigenvalue weighted by molar-refractivity contribution is -0.151. The van der Waals surface area contributed by atoms with Crippen LogP contribution < -0.4 is 4.90 Å². The van der Waals surface area contributed by atoms with E-state index in [-0.39, 0.29) is 24.1 Å². The summed E-state index contributed by atoms with van der Waals surface area (Å²) in [7, 11) is 0. The quantitative estimate of drug-likeness (QED) is 0.405. The Morgan fingerprint density at radius 3 is 2.59 bits per heavy atom. The fourth-order valence-corrected chi connectivity index (χ4v) is 3.83. The number of rotatable bonds is 5. The first-order valence-electron chi connectivity index (χ1n) is 10.6. The van der Waals surface area contributed by atoms with Gasteiger partial charge in [0.2, 0.25) is 5.89 Å². The Hall–Kier alpha value is -3.96. The van der Waals surface area contributed by atoms with Crippen LogP contribution in [0.1, 0.15) is 24.6 Å². The van der Waals surface area contributed by atoms with Crippen LogP contribution in [0.2, 0.25) is 0 Å². The SMILES string of the molecule is O=C(OCc1ncc(-c2ccccc2)o1)C1CCN(c2ccc3nnc(C(F)(F)F)n3n2)CC1. The Morgan fingerprint density at radius 2 is 1.85 bits per heavy atom. The van der Waals surface area contributed by atoms with Crippen molar-refractivity contribution in [2.45, 2.75) is 25.6 Å². The zero-order valence-electron chi connectivity index (χ0n) is 17.8. The van der Waals surface area contributed by atoms with E-state index < -0.39 is 12.0 Å². The zero-order chi connectivity index (χ0) is 23.7. The van der Waals surface area contributed by atoms with Crippen molar-refractivity contribution in [1.29, 1.82) is 0 Å². The number of hydrogen-bond donors (Lipinski definition) is 0. The van der Waals surface area contributed by atoms with Gasteiger partial charge in [0.15, 0.2) is 18.0 Å². The maximum Gasteiger partial charge on any atom is 0.453 e. The predicted molar refractivity (Wildman–Crippen MR) is 112 cm³/mol. The number of benzene rings is 1. The zero-order valence-corrected chi connectivity index (χ0v) is 17.8. The standard InChI is InChI=1S/C22H19F3N6O3/c23-22(24,25)21-28-27-17-6-7-18(29-31(17)21)30-10-8-15(9-11-30)20(32)33-13-19-26-12-16(34-19)14-4-2-1-3-5-14/h1-7,12,15H,8-11,13H2. The van der Waals surface area contributed by atoms with Crippen molar-refractivity contribution in [2.75, 3.05) is 18.0 Å². The molecule has 4 aromatic rings. The number of hydrogen-bond acceptors (Lipinski definition) is 8. The second kappa shape index (κ2) is 8.76. The molecule has 5 rings (SSSR count). The van der Waals surface area contributed by atoms with Crippen molar-refractivity contribution in [3.05, 3.63) is 60.4 Å². The van der Waals surface area contributed by atoms with Gasteiger partial charge < -0.3 is 14.1 Å². The van der Waals surface area contributed by atoms with Crippen LogP contribution in [-0.4, -0.2) is 43.9 Å². The van der Waals surface area contributed by atoms with Crippen LogP contribution in [0.25, 0.3) is 17.0 Å². The lowest BCUT2D eigenvalue weighted by Gasteiger charge is -2.31. The molecule has 1 aromatic carbocycles. The maximum absolute atomic E-state index is 13.1. The predicted octanol–water partition coefficient (Wildman–Crippen LogP) is 3.76. The van der Waals surface area contributed by atoms with Crippen LogP contribution in [0.15, 0.2) is 53.1 Å². The Labute approximate surface area is 191 Å². The average Bonchev–Trinajstić information content (AvgIpc) is 3.50. The Kier molecular flexibility index (Phi) is 5.64. The van der Waals surface area contributed by atoms with Gasteiger partial charge in [-0.15, -0.1) is 15.3 Å². The molecule has 0 aliphatic carbocycles. The Bertz CT molecular complexity index is 1300. The number of esters is 1. The number of aromatic nitrogens is 5. The van der Waals surface area contributed by atoms with Gasteiger partial charge in [-0.1, -0.05) is 30.3 Å². The van der Waals surface area contributed by atoms with Crippen LogP contribution in [0, 0.1) is 5.92 Å². The highest BCUT2D eigenvalue weighted by atomic mass is 19.4. The number of oxazole rings is 1. The van der Waals surface area contributed by atoms with E-state index >= 15 is 0 Å². The monoisotopic (exact) mass is 472 g/mol. The van der Waals surface area contributed by atoms with Gasteiger partial charge in [-0.2, -0.15) is 17.7 Å². The van der Waals surface area contributed by atoms with E-state index in [2.05, 4.69) is 20.3 Å². The molecule has 0 spiro atoms. The van der Waals surface area contributed by atoms with Crippen molar-refractivity contribution in [1.82, 2.24) is 24.8 Å². The molecule has 1 fully saturated rings. The van der Waals surface area contributed by atoms with Crippen LogP contribution >= 0.6 is 0 Å². The van der Waals surface area contributed by atoms with Crippen molar-refractivity contribution in [3.8, 4) is 11.3 Å². The number of ether oxygens (including phenoxy) is 1. The summed E-state index contributed by atoms with van der Waals surface area (Å²) < 4.78 is 51.0. The fourth-order valence-electron chi connectivity index (χ4n) is 3.83.